The van der Waals surface area contributed by atoms with Gasteiger partial charge in [-0.2, -0.15) is 0 Å². The van der Waals surface area contributed by atoms with Crippen molar-refractivity contribution in [1.82, 2.24) is 14.9 Å². The Morgan fingerprint density at radius 1 is 1.03 bits per heavy atom. The topological polar surface area (TPSA) is 64.0 Å². The summed E-state index contributed by atoms with van der Waals surface area (Å²) in [4.78, 5) is 30.4. The summed E-state index contributed by atoms with van der Waals surface area (Å²) < 4.78 is 1.69. The van der Waals surface area contributed by atoms with E-state index in [1.165, 1.54) is 11.8 Å². The van der Waals surface area contributed by atoms with E-state index in [4.69, 9.17) is 16.6 Å². The van der Waals surface area contributed by atoms with E-state index < -0.39 is 0 Å². The minimum atomic E-state index is -0.114. The minimum Gasteiger partial charge on any atom is -0.350 e. The quantitative estimate of drug-likeness (QED) is 0.281. The number of carbonyl (C=O) groups excluding carboxylic acids is 1. The molecule has 0 atom stereocenters. The van der Waals surface area contributed by atoms with Gasteiger partial charge in [-0.3, -0.25) is 14.2 Å². The normalized spacial score (nSPS) is 11.2. The third-order valence-electron chi connectivity index (χ3n) is 5.12. The Kier molecular flexibility index (Phi) is 7.16. The van der Waals surface area contributed by atoms with Crippen LogP contribution < -0.4 is 10.9 Å². The van der Waals surface area contributed by atoms with Crippen LogP contribution in [0.25, 0.3) is 10.9 Å². The largest absolute Gasteiger partial charge is 0.350 e. The van der Waals surface area contributed by atoms with Crippen molar-refractivity contribution in [2.45, 2.75) is 37.3 Å². The van der Waals surface area contributed by atoms with Crippen LogP contribution in [0.3, 0.4) is 0 Å². The molecule has 1 heterocycles. The Morgan fingerprint density at radius 2 is 1.73 bits per heavy atom. The van der Waals surface area contributed by atoms with Gasteiger partial charge in [-0.1, -0.05) is 65.8 Å². The second-order valence-corrected chi connectivity index (χ2v) is 9.36. The molecule has 1 amide bonds. The van der Waals surface area contributed by atoms with Crippen LogP contribution in [0.2, 0.25) is 5.02 Å². The second-order valence-electron chi connectivity index (χ2n) is 8.01. The van der Waals surface area contributed by atoms with Gasteiger partial charge in [-0.15, -0.1) is 0 Å². The third kappa shape index (κ3) is 5.46. The van der Waals surface area contributed by atoms with Gasteiger partial charge in [0, 0.05) is 22.4 Å². The van der Waals surface area contributed by atoms with Gasteiger partial charge in [0.05, 0.1) is 17.4 Å². The van der Waals surface area contributed by atoms with E-state index in [9.17, 15) is 9.59 Å². The van der Waals surface area contributed by atoms with Crippen LogP contribution in [0.15, 0.2) is 82.7 Å². The highest BCUT2D eigenvalue weighted by Crippen LogP contribution is 2.26. The first-order chi connectivity index (χ1) is 15.9. The fourth-order valence-corrected chi connectivity index (χ4v) is 4.73. The van der Waals surface area contributed by atoms with Crippen LogP contribution in [0.4, 0.5) is 0 Å². The van der Waals surface area contributed by atoms with Crippen molar-refractivity contribution in [3.8, 4) is 0 Å². The molecule has 0 unspecified atom stereocenters. The van der Waals surface area contributed by atoms with Gasteiger partial charge < -0.3 is 5.32 Å². The number of carbonyl (C=O) groups is 1. The lowest BCUT2D eigenvalue weighted by atomic mass is 10.1. The van der Waals surface area contributed by atoms with Crippen molar-refractivity contribution < 1.29 is 4.79 Å². The summed E-state index contributed by atoms with van der Waals surface area (Å²) in [5, 5.41) is 4.78. The summed E-state index contributed by atoms with van der Waals surface area (Å²) in [5.41, 5.74) is 3.06. The average molecular weight is 478 g/mol. The first-order valence-electron chi connectivity index (χ1n) is 10.7. The van der Waals surface area contributed by atoms with E-state index in [0.717, 1.165) is 11.1 Å². The van der Waals surface area contributed by atoms with Crippen molar-refractivity contribution in [2.75, 3.05) is 0 Å². The summed E-state index contributed by atoms with van der Waals surface area (Å²) in [5.74, 6) is 0.482. The lowest BCUT2D eigenvalue weighted by Gasteiger charge is -2.14. The van der Waals surface area contributed by atoms with Gasteiger partial charge in [-0.25, -0.2) is 4.98 Å². The van der Waals surface area contributed by atoms with Crippen molar-refractivity contribution in [3.05, 3.63) is 105 Å². The van der Waals surface area contributed by atoms with Gasteiger partial charge in [-0.05, 0) is 55.3 Å². The van der Waals surface area contributed by atoms with Crippen molar-refractivity contribution in [2.24, 2.45) is 0 Å². The molecule has 0 bridgehead atoms. The fourth-order valence-electron chi connectivity index (χ4n) is 3.44. The number of hydrogen-bond donors (Lipinski definition) is 1. The van der Waals surface area contributed by atoms with Crippen LogP contribution in [0.5, 0.6) is 0 Å². The Bertz CT molecular complexity index is 1350. The van der Waals surface area contributed by atoms with Crippen LogP contribution in [-0.4, -0.2) is 21.5 Å². The van der Waals surface area contributed by atoms with Crippen LogP contribution in [0, 0.1) is 0 Å². The molecule has 1 N–H and O–H groups in total. The molecule has 0 spiro atoms. The molecular weight excluding hydrogens is 454 g/mol. The number of amides is 1. The van der Waals surface area contributed by atoms with E-state index in [1.54, 1.807) is 22.8 Å². The number of nitrogens with zero attached hydrogens (tertiary/aromatic N) is 2. The van der Waals surface area contributed by atoms with Crippen LogP contribution in [0.1, 0.15) is 35.3 Å². The van der Waals surface area contributed by atoms with E-state index in [1.807, 2.05) is 68.4 Å². The first-order valence-corrected chi connectivity index (χ1v) is 12.0. The standard InChI is InChI=1S/C26H24ClN3O2S/c1-17(2)28-24(31)19-13-11-18(12-14-19)15-30-25(32)21-8-4-6-10-23(21)29-26(30)33-16-20-7-3-5-9-22(20)27/h3-14,17H,15-16H2,1-2H3,(H,28,31). The molecule has 4 rings (SSSR count). The van der Waals surface area contributed by atoms with Gasteiger partial charge in [0.25, 0.3) is 11.5 Å². The molecule has 0 saturated heterocycles. The number of halogens is 1. The zero-order valence-electron chi connectivity index (χ0n) is 18.4. The maximum Gasteiger partial charge on any atom is 0.262 e. The van der Waals surface area contributed by atoms with Crippen molar-refractivity contribution in [3.63, 3.8) is 0 Å². The summed E-state index contributed by atoms with van der Waals surface area (Å²) in [6.45, 7) is 4.20. The molecule has 4 aromatic rings. The highest BCUT2D eigenvalue weighted by molar-refractivity contribution is 7.98. The molecule has 5 nitrogen and oxygen atoms in total. The van der Waals surface area contributed by atoms with E-state index in [-0.39, 0.29) is 17.5 Å². The molecule has 1 aromatic heterocycles. The zero-order valence-corrected chi connectivity index (χ0v) is 20.0. The molecule has 3 aromatic carbocycles. The molecule has 168 valence electrons. The number of aromatic nitrogens is 2. The Balaban J connectivity index is 1.66. The molecular formula is C26H24ClN3O2S. The Labute approximate surface area is 201 Å². The molecule has 0 aliphatic rings. The average Bonchev–Trinajstić information content (AvgIpc) is 2.80. The number of nitrogens with one attached hydrogen (secondary N) is 1. The molecule has 0 saturated carbocycles. The van der Waals surface area contributed by atoms with Gasteiger partial charge >= 0.3 is 0 Å². The SMILES string of the molecule is CC(C)NC(=O)c1ccc(Cn2c(SCc3ccccc3Cl)nc3ccccc3c2=O)cc1. The molecule has 0 radical (unpaired) electrons. The van der Waals surface area contributed by atoms with Crippen LogP contribution in [-0.2, 0) is 12.3 Å². The summed E-state index contributed by atoms with van der Waals surface area (Å²) in [7, 11) is 0. The van der Waals surface area contributed by atoms with E-state index in [0.29, 0.717) is 38.9 Å². The van der Waals surface area contributed by atoms with E-state index >= 15 is 0 Å². The summed E-state index contributed by atoms with van der Waals surface area (Å²) >= 11 is 7.80. The highest BCUT2D eigenvalue weighted by atomic mass is 35.5. The Hall–Kier alpha value is -3.09. The van der Waals surface area contributed by atoms with Crippen molar-refractivity contribution >= 4 is 40.2 Å². The summed E-state index contributed by atoms with van der Waals surface area (Å²) in [6, 6.07) is 22.4. The summed E-state index contributed by atoms with van der Waals surface area (Å²) in [6.07, 6.45) is 0. The number of benzene rings is 3. The number of thioether (sulfide) groups is 1. The van der Waals surface area contributed by atoms with Crippen LogP contribution >= 0.6 is 23.4 Å². The lowest BCUT2D eigenvalue weighted by Crippen LogP contribution is -2.30. The predicted octanol–water partition coefficient (Wildman–Crippen LogP) is 5.53. The molecule has 33 heavy (non-hydrogen) atoms. The predicted molar refractivity (Wildman–Crippen MR) is 135 cm³/mol. The molecule has 7 heteroatoms. The third-order valence-corrected chi connectivity index (χ3v) is 6.51. The maximum absolute atomic E-state index is 13.3. The molecule has 0 aliphatic carbocycles. The number of para-hydroxylation sites is 1. The highest BCUT2D eigenvalue weighted by Gasteiger charge is 2.14. The van der Waals surface area contributed by atoms with Gasteiger partial charge in [0.15, 0.2) is 5.16 Å². The maximum atomic E-state index is 13.3. The molecule has 0 fully saturated rings. The first kappa shape index (κ1) is 23.1. The Morgan fingerprint density at radius 3 is 2.45 bits per heavy atom. The molecule has 0 aliphatic heterocycles. The number of fused-ring (bicyclic) bond motifs is 1. The van der Waals surface area contributed by atoms with E-state index in [2.05, 4.69) is 5.32 Å². The fraction of sp³-hybridized carbons (Fsp3) is 0.192. The van der Waals surface area contributed by atoms with Gasteiger partial charge in [0.2, 0.25) is 0 Å². The minimum absolute atomic E-state index is 0.0668. The lowest BCUT2D eigenvalue weighted by molar-refractivity contribution is 0.0943. The number of rotatable bonds is 7. The van der Waals surface area contributed by atoms with Gasteiger partial charge in [0.1, 0.15) is 0 Å². The zero-order chi connectivity index (χ0) is 23.4. The number of hydrogen-bond acceptors (Lipinski definition) is 4. The second kappa shape index (κ2) is 10.2. The van der Waals surface area contributed by atoms with Crippen molar-refractivity contribution in [1.29, 1.82) is 0 Å². The smallest absolute Gasteiger partial charge is 0.262 e. The monoisotopic (exact) mass is 477 g/mol.